The maximum atomic E-state index is 11.8. The van der Waals surface area contributed by atoms with Crippen molar-refractivity contribution in [3.05, 3.63) is 0 Å². The van der Waals surface area contributed by atoms with Crippen molar-refractivity contribution in [2.45, 2.75) is 45.3 Å². The van der Waals surface area contributed by atoms with Gasteiger partial charge in [0.2, 0.25) is 0 Å². The van der Waals surface area contributed by atoms with E-state index in [1.54, 1.807) is 11.8 Å². The first-order valence-electron chi connectivity index (χ1n) is 6.46. The molecule has 0 aliphatic carbocycles. The molecule has 0 aromatic carbocycles. The highest BCUT2D eigenvalue weighted by atomic mass is 32.2. The van der Waals surface area contributed by atoms with Crippen LogP contribution >= 0.6 is 11.8 Å². The van der Waals surface area contributed by atoms with Gasteiger partial charge < -0.3 is 14.8 Å². The van der Waals surface area contributed by atoms with Crippen LogP contribution in [0.15, 0.2) is 0 Å². The Hall–Kier alpha value is -0.910. The zero-order valence-corrected chi connectivity index (χ0v) is 12.8. The van der Waals surface area contributed by atoms with Crippen LogP contribution in [0.2, 0.25) is 0 Å². The zero-order chi connectivity index (χ0) is 14.5. The van der Waals surface area contributed by atoms with E-state index < -0.39 is 11.7 Å². The minimum atomic E-state index is -0.509. The Balaban J connectivity index is 2.52. The molecule has 0 radical (unpaired) electrons. The third-order valence-electron chi connectivity index (χ3n) is 2.83. The van der Waals surface area contributed by atoms with Crippen molar-refractivity contribution < 1.29 is 19.1 Å². The summed E-state index contributed by atoms with van der Waals surface area (Å²) in [6.07, 6.45) is 0.773. The number of nitrogens with one attached hydrogen (secondary N) is 1. The van der Waals surface area contributed by atoms with Crippen LogP contribution in [-0.4, -0.2) is 42.3 Å². The van der Waals surface area contributed by atoms with Gasteiger partial charge >= 0.3 is 12.1 Å². The van der Waals surface area contributed by atoms with Gasteiger partial charge in [0.05, 0.1) is 13.5 Å². The van der Waals surface area contributed by atoms with Crippen molar-refractivity contribution in [1.82, 2.24) is 5.32 Å². The van der Waals surface area contributed by atoms with E-state index in [2.05, 4.69) is 5.32 Å². The van der Waals surface area contributed by atoms with E-state index in [0.717, 1.165) is 17.9 Å². The summed E-state index contributed by atoms with van der Waals surface area (Å²) in [7, 11) is 1.38. The van der Waals surface area contributed by atoms with E-state index in [4.69, 9.17) is 9.47 Å². The number of thioether (sulfide) groups is 1. The third kappa shape index (κ3) is 6.18. The second-order valence-electron chi connectivity index (χ2n) is 5.66. The number of hydrogen-bond acceptors (Lipinski definition) is 5. The van der Waals surface area contributed by atoms with Crippen LogP contribution < -0.4 is 5.32 Å². The Morgan fingerprint density at radius 1 is 1.37 bits per heavy atom. The first-order valence-corrected chi connectivity index (χ1v) is 7.61. The lowest BCUT2D eigenvalue weighted by Crippen LogP contribution is -2.46. The second kappa shape index (κ2) is 7.03. The lowest BCUT2D eigenvalue weighted by molar-refractivity contribution is -0.141. The number of alkyl carbamates (subject to hydrolysis) is 1. The molecule has 0 saturated carbocycles. The predicted molar refractivity (Wildman–Crippen MR) is 75.2 cm³/mol. The molecule has 1 aliphatic heterocycles. The molecular weight excluding hydrogens is 266 g/mol. The molecule has 110 valence electrons. The Morgan fingerprint density at radius 2 is 2.05 bits per heavy atom. The van der Waals surface area contributed by atoms with Crippen molar-refractivity contribution in [3.63, 3.8) is 0 Å². The van der Waals surface area contributed by atoms with Crippen LogP contribution in [0.1, 0.15) is 33.6 Å². The summed E-state index contributed by atoms with van der Waals surface area (Å²) in [5.41, 5.74) is -0.509. The Morgan fingerprint density at radius 3 is 2.63 bits per heavy atom. The number of rotatable bonds is 3. The van der Waals surface area contributed by atoms with Crippen LogP contribution in [-0.2, 0) is 14.3 Å². The molecule has 1 amide bonds. The van der Waals surface area contributed by atoms with E-state index in [9.17, 15) is 9.59 Å². The molecule has 0 spiro atoms. The van der Waals surface area contributed by atoms with Crippen molar-refractivity contribution in [1.29, 1.82) is 0 Å². The van der Waals surface area contributed by atoms with Crippen LogP contribution in [0, 0.1) is 5.92 Å². The number of methoxy groups -OCH3 is 1. The quantitative estimate of drug-likeness (QED) is 0.807. The normalized spacial score (nSPS) is 23.6. The number of esters is 1. The van der Waals surface area contributed by atoms with Crippen molar-refractivity contribution >= 4 is 23.8 Å². The molecular formula is C13H23NO4S. The van der Waals surface area contributed by atoms with Gasteiger partial charge in [0.1, 0.15) is 5.60 Å². The number of carbonyl (C=O) groups excluding carboxylic acids is 2. The molecule has 1 heterocycles. The van der Waals surface area contributed by atoms with E-state index in [0.29, 0.717) is 6.42 Å². The third-order valence-corrected chi connectivity index (χ3v) is 4.02. The fourth-order valence-corrected chi connectivity index (χ4v) is 3.18. The summed E-state index contributed by atoms with van der Waals surface area (Å²) >= 11 is 1.80. The molecule has 1 saturated heterocycles. The highest BCUT2D eigenvalue weighted by molar-refractivity contribution is 7.99. The van der Waals surface area contributed by atoms with Crippen molar-refractivity contribution in [2.24, 2.45) is 5.92 Å². The Labute approximate surface area is 118 Å². The van der Waals surface area contributed by atoms with Gasteiger partial charge in [0.15, 0.2) is 0 Å². The number of hydrogen-bond donors (Lipinski definition) is 1. The molecule has 0 aromatic rings. The van der Waals surface area contributed by atoms with Crippen molar-refractivity contribution in [3.8, 4) is 0 Å². The summed E-state index contributed by atoms with van der Waals surface area (Å²) in [6.45, 7) is 5.49. The van der Waals surface area contributed by atoms with Gasteiger partial charge in [-0.2, -0.15) is 11.8 Å². The summed E-state index contributed by atoms with van der Waals surface area (Å²) in [5, 5.41) is 2.87. The summed E-state index contributed by atoms with van der Waals surface area (Å²) in [6, 6.07) is -0.0183. The van der Waals surface area contributed by atoms with Crippen LogP contribution in [0.4, 0.5) is 4.79 Å². The lowest BCUT2D eigenvalue weighted by Gasteiger charge is -2.32. The molecule has 2 atom stereocenters. The maximum Gasteiger partial charge on any atom is 0.407 e. The molecule has 0 unspecified atom stereocenters. The van der Waals surface area contributed by atoms with Gasteiger partial charge in [-0.1, -0.05) is 0 Å². The highest BCUT2D eigenvalue weighted by Gasteiger charge is 2.30. The number of ether oxygens (including phenoxy) is 2. The van der Waals surface area contributed by atoms with Gasteiger partial charge in [0, 0.05) is 6.04 Å². The Bertz CT molecular complexity index is 327. The van der Waals surface area contributed by atoms with E-state index in [1.807, 2.05) is 20.8 Å². The second-order valence-corrected chi connectivity index (χ2v) is 6.81. The largest absolute Gasteiger partial charge is 0.469 e. The minimum absolute atomic E-state index is 0.0183. The topological polar surface area (TPSA) is 64.6 Å². The smallest absolute Gasteiger partial charge is 0.407 e. The molecule has 1 fully saturated rings. The number of carbonyl (C=O) groups is 2. The molecule has 5 nitrogen and oxygen atoms in total. The first-order chi connectivity index (χ1) is 8.81. The summed E-state index contributed by atoms with van der Waals surface area (Å²) < 4.78 is 9.94. The van der Waals surface area contributed by atoms with Crippen LogP contribution in [0.3, 0.4) is 0 Å². The molecule has 1 aliphatic rings. The molecule has 0 bridgehead atoms. The van der Waals surface area contributed by atoms with Gasteiger partial charge in [-0.05, 0) is 44.6 Å². The fraction of sp³-hybridized carbons (Fsp3) is 0.846. The Kier molecular flexibility index (Phi) is 5.97. The summed E-state index contributed by atoms with van der Waals surface area (Å²) in [4.78, 5) is 23.1. The maximum absolute atomic E-state index is 11.8. The zero-order valence-electron chi connectivity index (χ0n) is 12.0. The molecule has 19 heavy (non-hydrogen) atoms. The SMILES string of the molecule is COC(=O)C[C@H]1CSCC[C@H]1NC(=O)OC(C)(C)C. The average Bonchev–Trinajstić information content (AvgIpc) is 2.29. The molecule has 6 heteroatoms. The van der Waals surface area contributed by atoms with E-state index in [1.165, 1.54) is 7.11 Å². The van der Waals surface area contributed by atoms with E-state index in [-0.39, 0.29) is 17.9 Å². The predicted octanol–water partition coefficient (Wildman–Crippen LogP) is 2.20. The standard InChI is InChI=1S/C13H23NO4S/c1-13(2,3)18-12(16)14-10-5-6-19-8-9(10)7-11(15)17-4/h9-10H,5-8H2,1-4H3,(H,14,16)/t9-,10+/m0/s1. The highest BCUT2D eigenvalue weighted by Crippen LogP contribution is 2.26. The monoisotopic (exact) mass is 289 g/mol. The van der Waals surface area contributed by atoms with Gasteiger partial charge in [-0.15, -0.1) is 0 Å². The summed E-state index contributed by atoms with van der Waals surface area (Å²) in [5.74, 6) is 1.72. The van der Waals surface area contributed by atoms with Gasteiger partial charge in [-0.3, -0.25) is 4.79 Å². The average molecular weight is 289 g/mol. The minimum Gasteiger partial charge on any atom is -0.469 e. The molecule has 0 aromatic heterocycles. The molecule has 1 N–H and O–H groups in total. The van der Waals surface area contributed by atoms with Crippen LogP contribution in [0.5, 0.6) is 0 Å². The fourth-order valence-electron chi connectivity index (χ4n) is 1.94. The van der Waals surface area contributed by atoms with E-state index >= 15 is 0 Å². The number of amides is 1. The van der Waals surface area contributed by atoms with Crippen molar-refractivity contribution in [2.75, 3.05) is 18.6 Å². The lowest BCUT2D eigenvalue weighted by atomic mass is 9.95. The van der Waals surface area contributed by atoms with Gasteiger partial charge in [0.25, 0.3) is 0 Å². The first kappa shape index (κ1) is 16.1. The van der Waals surface area contributed by atoms with Crippen LogP contribution in [0.25, 0.3) is 0 Å². The molecule has 1 rings (SSSR count). The van der Waals surface area contributed by atoms with Gasteiger partial charge in [-0.25, -0.2) is 4.79 Å².